The maximum Gasteiger partial charge on any atom is 0.224 e. The van der Waals surface area contributed by atoms with E-state index in [0.29, 0.717) is 6.04 Å². The van der Waals surface area contributed by atoms with E-state index in [-0.39, 0.29) is 23.8 Å². The fourth-order valence-electron chi connectivity index (χ4n) is 4.88. The summed E-state index contributed by atoms with van der Waals surface area (Å²) in [6, 6.07) is 13.3. The van der Waals surface area contributed by atoms with Crippen LogP contribution in [0, 0.1) is 12.8 Å². The van der Waals surface area contributed by atoms with Gasteiger partial charge < -0.3 is 14.8 Å². The lowest BCUT2D eigenvalue weighted by Crippen LogP contribution is -2.38. The molecule has 1 aliphatic heterocycles. The highest BCUT2D eigenvalue weighted by Crippen LogP contribution is 2.51. The summed E-state index contributed by atoms with van der Waals surface area (Å²) in [5.74, 6) is 1.65. The highest BCUT2D eigenvalue weighted by Gasteiger charge is 2.48. The quantitative estimate of drug-likeness (QED) is 0.710. The molecule has 1 aromatic carbocycles. The molecule has 0 radical (unpaired) electrons. The van der Waals surface area contributed by atoms with Gasteiger partial charge in [0.05, 0.1) is 22.9 Å². The molecule has 30 heavy (non-hydrogen) atoms. The third kappa shape index (κ3) is 3.15. The van der Waals surface area contributed by atoms with Gasteiger partial charge in [-0.25, -0.2) is 4.98 Å². The van der Waals surface area contributed by atoms with Gasteiger partial charge >= 0.3 is 0 Å². The number of carbonyl (C=O) groups excluding carboxylic acids is 1. The number of anilines is 1. The van der Waals surface area contributed by atoms with Crippen LogP contribution in [-0.4, -0.2) is 39.6 Å². The van der Waals surface area contributed by atoms with E-state index in [4.69, 9.17) is 4.98 Å². The molecule has 3 aliphatic rings. The zero-order valence-electron chi connectivity index (χ0n) is 17.3. The summed E-state index contributed by atoms with van der Waals surface area (Å²) in [6.45, 7) is 3.82. The molecule has 3 heterocycles. The minimum atomic E-state index is 0.0643. The van der Waals surface area contributed by atoms with Crippen LogP contribution in [-0.2, 0) is 4.79 Å². The Morgan fingerprint density at radius 3 is 2.80 bits per heavy atom. The summed E-state index contributed by atoms with van der Waals surface area (Å²) in [4.78, 5) is 24.6. The van der Waals surface area contributed by atoms with E-state index in [1.807, 2.05) is 25.3 Å². The van der Waals surface area contributed by atoms with Crippen molar-refractivity contribution >= 4 is 22.6 Å². The maximum absolute atomic E-state index is 13.0. The van der Waals surface area contributed by atoms with Crippen LogP contribution in [0.25, 0.3) is 11.0 Å². The summed E-state index contributed by atoms with van der Waals surface area (Å²) >= 11 is 0. The number of benzene rings is 1. The Kier molecular flexibility index (Phi) is 4.08. The number of nitrogens with one attached hydrogen (secondary N) is 1. The number of carbonyl (C=O) groups is 1. The molecule has 2 aliphatic carbocycles. The first kappa shape index (κ1) is 17.9. The number of aromatic nitrogens is 3. The summed E-state index contributed by atoms with van der Waals surface area (Å²) in [5, 5.41) is 3.31. The number of nitrogens with zero attached hydrogens (tertiary/aromatic N) is 4. The number of pyridine rings is 1. The van der Waals surface area contributed by atoms with Crippen molar-refractivity contribution in [1.82, 2.24) is 19.9 Å². The van der Waals surface area contributed by atoms with Gasteiger partial charge in [0, 0.05) is 42.7 Å². The summed E-state index contributed by atoms with van der Waals surface area (Å²) in [7, 11) is 0. The van der Waals surface area contributed by atoms with Gasteiger partial charge in [-0.3, -0.25) is 9.78 Å². The van der Waals surface area contributed by atoms with Crippen LogP contribution in [0.5, 0.6) is 0 Å². The van der Waals surface area contributed by atoms with Gasteiger partial charge in [-0.15, -0.1) is 0 Å². The van der Waals surface area contributed by atoms with Crippen LogP contribution in [0.3, 0.4) is 0 Å². The van der Waals surface area contributed by atoms with Gasteiger partial charge in [-0.05, 0) is 56.9 Å². The number of fused-ring (bicyclic) bond motifs is 1. The van der Waals surface area contributed by atoms with Crippen LogP contribution in [0.1, 0.15) is 49.2 Å². The van der Waals surface area contributed by atoms with E-state index in [1.54, 1.807) is 0 Å². The monoisotopic (exact) mass is 401 g/mol. The van der Waals surface area contributed by atoms with Gasteiger partial charge in [-0.2, -0.15) is 0 Å². The summed E-state index contributed by atoms with van der Waals surface area (Å²) < 4.78 is 2.41. The Morgan fingerprint density at radius 2 is 2.00 bits per heavy atom. The topological polar surface area (TPSA) is 63.1 Å². The molecule has 6 heteroatoms. The van der Waals surface area contributed by atoms with Gasteiger partial charge in [0.1, 0.15) is 5.82 Å². The standard InChI is InChI=1S/C24H27N5O/c1-15-6-7-18(13-25-15)28-11-10-16(14-28)26-24(30)20-12-19(20)23-27-21-4-2-3-5-22(21)29(23)17-8-9-17/h2-7,13,16-17,19-20H,8-12,14H2,1H3,(H,26,30)/t16-,19+,20+/m1/s1. The smallest absolute Gasteiger partial charge is 0.224 e. The Hall–Kier alpha value is -2.89. The molecule has 3 aromatic rings. The zero-order valence-corrected chi connectivity index (χ0v) is 17.3. The molecule has 2 aromatic heterocycles. The molecular formula is C24H27N5O. The van der Waals surface area contributed by atoms with Crippen molar-refractivity contribution in [3.8, 4) is 0 Å². The summed E-state index contributed by atoms with van der Waals surface area (Å²) in [5.41, 5.74) is 4.45. The highest BCUT2D eigenvalue weighted by atomic mass is 16.2. The van der Waals surface area contributed by atoms with Crippen molar-refractivity contribution in [3.63, 3.8) is 0 Å². The van der Waals surface area contributed by atoms with Crippen molar-refractivity contribution in [2.24, 2.45) is 5.92 Å². The summed E-state index contributed by atoms with van der Waals surface area (Å²) in [6.07, 6.45) is 6.28. The predicted octanol–water partition coefficient (Wildman–Crippen LogP) is 3.57. The van der Waals surface area contributed by atoms with E-state index < -0.39 is 0 Å². The van der Waals surface area contributed by atoms with Crippen LogP contribution >= 0.6 is 0 Å². The third-order valence-electron chi connectivity index (χ3n) is 6.79. The lowest BCUT2D eigenvalue weighted by atomic mass is 10.2. The number of aryl methyl sites for hydroxylation is 1. The lowest BCUT2D eigenvalue weighted by Gasteiger charge is -2.19. The Balaban J connectivity index is 1.13. The van der Waals surface area contributed by atoms with Crippen LogP contribution in [0.2, 0.25) is 0 Å². The first-order chi connectivity index (χ1) is 14.7. The molecule has 6 nitrogen and oxygen atoms in total. The third-order valence-corrected chi connectivity index (χ3v) is 6.79. The molecule has 3 atom stereocenters. The molecular weight excluding hydrogens is 374 g/mol. The average Bonchev–Trinajstić information content (AvgIpc) is 3.67. The van der Waals surface area contributed by atoms with Crippen LogP contribution in [0.15, 0.2) is 42.6 Å². The number of para-hydroxylation sites is 2. The second kappa shape index (κ2) is 6.83. The Bertz CT molecular complexity index is 1100. The van der Waals surface area contributed by atoms with Gasteiger partial charge in [0.25, 0.3) is 0 Å². The average molecular weight is 402 g/mol. The molecule has 0 bridgehead atoms. The van der Waals surface area contributed by atoms with Crippen molar-refractivity contribution in [1.29, 1.82) is 0 Å². The molecule has 0 unspecified atom stereocenters. The number of hydrogen-bond donors (Lipinski definition) is 1. The normalized spacial score (nSPS) is 25.6. The fourth-order valence-corrected chi connectivity index (χ4v) is 4.88. The number of rotatable bonds is 5. The molecule has 0 spiro atoms. The van der Waals surface area contributed by atoms with E-state index in [1.165, 1.54) is 18.4 Å². The van der Waals surface area contributed by atoms with Crippen molar-refractivity contribution < 1.29 is 4.79 Å². The molecule has 154 valence electrons. The van der Waals surface area contributed by atoms with Crippen LogP contribution < -0.4 is 10.2 Å². The number of amides is 1. The van der Waals surface area contributed by atoms with E-state index in [2.05, 4.69) is 44.0 Å². The van der Waals surface area contributed by atoms with E-state index in [0.717, 1.165) is 48.7 Å². The van der Waals surface area contributed by atoms with E-state index in [9.17, 15) is 4.79 Å². The zero-order chi connectivity index (χ0) is 20.2. The Labute approximate surface area is 176 Å². The highest BCUT2D eigenvalue weighted by molar-refractivity contribution is 5.84. The van der Waals surface area contributed by atoms with Crippen molar-refractivity contribution in [2.45, 2.75) is 50.6 Å². The molecule has 2 saturated carbocycles. The molecule has 3 fully saturated rings. The largest absolute Gasteiger partial charge is 0.368 e. The fraction of sp³-hybridized carbons (Fsp3) is 0.458. The minimum Gasteiger partial charge on any atom is -0.368 e. The van der Waals surface area contributed by atoms with E-state index >= 15 is 0 Å². The second-order valence-corrected chi connectivity index (χ2v) is 9.11. The van der Waals surface area contributed by atoms with Crippen molar-refractivity contribution in [2.75, 3.05) is 18.0 Å². The number of imidazole rings is 1. The molecule has 1 saturated heterocycles. The van der Waals surface area contributed by atoms with Crippen LogP contribution in [0.4, 0.5) is 5.69 Å². The predicted molar refractivity (Wildman–Crippen MR) is 117 cm³/mol. The molecule has 1 amide bonds. The SMILES string of the molecule is Cc1ccc(N2CC[C@@H](NC(=O)[C@H]3C[C@@H]3c3nc4ccccc4n3C3CC3)C2)cn1. The van der Waals surface area contributed by atoms with Gasteiger partial charge in [-0.1, -0.05) is 12.1 Å². The maximum atomic E-state index is 13.0. The molecule has 6 rings (SSSR count). The second-order valence-electron chi connectivity index (χ2n) is 9.11. The molecule has 1 N–H and O–H groups in total. The first-order valence-corrected chi connectivity index (χ1v) is 11.1. The Morgan fingerprint density at radius 1 is 1.13 bits per heavy atom. The van der Waals surface area contributed by atoms with Crippen molar-refractivity contribution in [3.05, 3.63) is 54.1 Å². The van der Waals surface area contributed by atoms with Gasteiger partial charge in [0.2, 0.25) is 5.91 Å². The first-order valence-electron chi connectivity index (χ1n) is 11.1. The lowest BCUT2D eigenvalue weighted by molar-refractivity contribution is -0.123. The minimum absolute atomic E-state index is 0.0643. The number of hydrogen-bond acceptors (Lipinski definition) is 4. The van der Waals surface area contributed by atoms with Gasteiger partial charge in [0.15, 0.2) is 0 Å².